The molecule has 5 nitrogen and oxygen atoms in total. The third-order valence-corrected chi connectivity index (χ3v) is 9.90. The topological polar surface area (TPSA) is 44.8 Å². The van der Waals surface area contributed by atoms with Gasteiger partial charge in [-0.2, -0.15) is 0 Å². The Labute approximate surface area is 257 Å². The number of fused-ring (bicyclic) bond motifs is 2. The van der Waals surface area contributed by atoms with Gasteiger partial charge >= 0.3 is 0 Å². The number of carbonyl (C=O) groups is 1. The normalized spacial score (nSPS) is 19.2. The molecule has 3 aromatic rings. The maximum Gasteiger partial charge on any atom is 0.229 e. The lowest BCUT2D eigenvalue weighted by atomic mass is 9.81. The lowest BCUT2D eigenvalue weighted by molar-refractivity contribution is -0.139. The van der Waals surface area contributed by atoms with Crippen LogP contribution in [0.3, 0.4) is 0 Å². The molecule has 3 aliphatic rings. The van der Waals surface area contributed by atoms with Crippen LogP contribution in [-0.4, -0.2) is 54.7 Å². The summed E-state index contributed by atoms with van der Waals surface area (Å²) in [7, 11) is 1.88. The van der Waals surface area contributed by atoms with E-state index in [2.05, 4.69) is 22.3 Å². The summed E-state index contributed by atoms with van der Waals surface area (Å²) >= 11 is 12.6. The molecular weight excluding hydrogens is 572 g/mol. The Balaban J connectivity index is 1.09. The Morgan fingerprint density at radius 2 is 1.79 bits per heavy atom. The van der Waals surface area contributed by atoms with Crippen molar-refractivity contribution in [2.75, 3.05) is 38.5 Å². The van der Waals surface area contributed by atoms with Crippen molar-refractivity contribution in [2.45, 2.75) is 62.2 Å². The number of halogens is 3. The molecule has 2 heterocycles. The Morgan fingerprint density at radius 3 is 2.50 bits per heavy atom. The molecule has 2 aliphatic heterocycles. The van der Waals surface area contributed by atoms with Crippen LogP contribution in [0.5, 0.6) is 0 Å². The minimum Gasteiger partial charge on any atom is -0.357 e. The van der Waals surface area contributed by atoms with E-state index in [0.29, 0.717) is 23.0 Å². The van der Waals surface area contributed by atoms with Crippen molar-refractivity contribution >= 4 is 34.8 Å². The van der Waals surface area contributed by atoms with Crippen LogP contribution in [0.1, 0.15) is 61.1 Å². The van der Waals surface area contributed by atoms with Gasteiger partial charge in [0.05, 0.1) is 16.0 Å². The van der Waals surface area contributed by atoms with E-state index in [1.54, 1.807) is 12.1 Å². The predicted molar refractivity (Wildman–Crippen MR) is 167 cm³/mol. The molecule has 3 aromatic carbocycles. The van der Waals surface area contributed by atoms with Crippen molar-refractivity contribution in [3.63, 3.8) is 0 Å². The zero-order valence-corrected chi connectivity index (χ0v) is 25.6. The molecule has 1 aliphatic carbocycles. The second kappa shape index (κ2) is 12.2. The van der Waals surface area contributed by atoms with Gasteiger partial charge in [0, 0.05) is 37.9 Å². The average Bonchev–Trinajstić information content (AvgIpc) is 3.75. The summed E-state index contributed by atoms with van der Waals surface area (Å²) in [4.78, 5) is 18.0. The number of anilines is 1. The van der Waals surface area contributed by atoms with Crippen LogP contribution in [0.4, 0.5) is 10.1 Å². The zero-order valence-electron chi connectivity index (χ0n) is 24.1. The molecule has 0 bridgehead atoms. The summed E-state index contributed by atoms with van der Waals surface area (Å²) in [6.45, 7) is 3.27. The zero-order chi connectivity index (χ0) is 29.3. The molecule has 6 rings (SSSR count). The van der Waals surface area contributed by atoms with Crippen molar-refractivity contribution in [1.29, 1.82) is 0 Å². The SMILES string of the molecule is CN(CCc1ccccc1)C(=O)C(CCCN1CCC2(CC1)OC1(CC1)Nc1ccc(F)cc12)c1ccc(Cl)c(Cl)c1. The predicted octanol–water partition coefficient (Wildman–Crippen LogP) is 7.62. The van der Waals surface area contributed by atoms with E-state index in [0.717, 1.165) is 75.0 Å². The van der Waals surface area contributed by atoms with E-state index in [9.17, 15) is 9.18 Å². The standard InChI is InChI=1S/C34H38Cl2FN3O2/c1-39(19-13-24-6-3-2-4-7-24)32(41)27(25-9-11-29(35)30(36)22-25)8-5-18-40-20-16-33(17-21-40)28-23-26(37)10-12-31(28)38-34(42-33)14-15-34/h2-4,6-7,9-12,22-23,27,38H,5,8,13-21H2,1H3. The van der Waals surface area contributed by atoms with E-state index in [4.69, 9.17) is 27.9 Å². The molecule has 1 N–H and O–H groups in total. The van der Waals surface area contributed by atoms with Crippen molar-refractivity contribution in [3.05, 3.63) is 99.3 Å². The summed E-state index contributed by atoms with van der Waals surface area (Å²) < 4.78 is 21.0. The highest BCUT2D eigenvalue weighted by Gasteiger charge is 2.55. The lowest BCUT2D eigenvalue weighted by Crippen LogP contribution is -2.51. The summed E-state index contributed by atoms with van der Waals surface area (Å²) in [5.74, 6) is -0.424. The van der Waals surface area contributed by atoms with E-state index in [1.165, 1.54) is 11.6 Å². The van der Waals surface area contributed by atoms with Gasteiger partial charge in [0.25, 0.3) is 0 Å². The van der Waals surface area contributed by atoms with Crippen LogP contribution >= 0.6 is 23.2 Å². The van der Waals surface area contributed by atoms with Crippen LogP contribution in [-0.2, 0) is 21.6 Å². The van der Waals surface area contributed by atoms with Gasteiger partial charge in [-0.05, 0) is 92.9 Å². The minimum atomic E-state index is -0.449. The molecule has 2 fully saturated rings. The molecule has 1 amide bonds. The van der Waals surface area contributed by atoms with Crippen molar-refractivity contribution in [1.82, 2.24) is 9.80 Å². The summed E-state index contributed by atoms with van der Waals surface area (Å²) in [6.07, 6.45) is 6.00. The first-order chi connectivity index (χ1) is 20.3. The van der Waals surface area contributed by atoms with Crippen molar-refractivity contribution in [2.24, 2.45) is 0 Å². The average molecular weight is 611 g/mol. The number of ether oxygens (including phenoxy) is 1. The van der Waals surface area contributed by atoms with Gasteiger partial charge in [0.15, 0.2) is 0 Å². The highest BCUT2D eigenvalue weighted by molar-refractivity contribution is 6.42. The second-order valence-corrected chi connectivity index (χ2v) is 12.9. The summed E-state index contributed by atoms with van der Waals surface area (Å²) in [5, 5.41) is 4.46. The molecule has 1 saturated heterocycles. The molecule has 1 unspecified atom stereocenters. The van der Waals surface area contributed by atoms with Crippen LogP contribution in [0.25, 0.3) is 0 Å². The van der Waals surface area contributed by atoms with Crippen molar-refractivity contribution < 1.29 is 13.9 Å². The van der Waals surface area contributed by atoms with Crippen LogP contribution < -0.4 is 5.32 Å². The second-order valence-electron chi connectivity index (χ2n) is 12.1. The fraction of sp³-hybridized carbons (Fsp3) is 0.441. The maximum absolute atomic E-state index is 14.3. The molecule has 0 aromatic heterocycles. The van der Waals surface area contributed by atoms with Crippen LogP contribution in [0, 0.1) is 5.82 Å². The van der Waals surface area contributed by atoms with E-state index >= 15 is 0 Å². The molecule has 0 radical (unpaired) electrons. The fourth-order valence-corrected chi connectivity index (χ4v) is 6.86. The number of carbonyl (C=O) groups excluding carboxylic acids is 1. The quantitative estimate of drug-likeness (QED) is 0.271. The first kappa shape index (κ1) is 29.4. The minimum absolute atomic E-state index is 0.0957. The van der Waals surface area contributed by atoms with Gasteiger partial charge in [-0.1, -0.05) is 59.6 Å². The van der Waals surface area contributed by atoms with Gasteiger partial charge in [-0.15, -0.1) is 0 Å². The number of rotatable bonds is 9. The summed E-state index contributed by atoms with van der Waals surface area (Å²) in [6, 6.07) is 20.8. The number of nitrogens with one attached hydrogen (secondary N) is 1. The molecule has 8 heteroatoms. The molecule has 222 valence electrons. The molecule has 1 saturated carbocycles. The number of amides is 1. The van der Waals surface area contributed by atoms with Crippen LogP contribution in [0.2, 0.25) is 10.0 Å². The highest BCUT2D eigenvalue weighted by atomic mass is 35.5. The summed E-state index contributed by atoms with van der Waals surface area (Å²) in [5.41, 5.74) is 3.33. The number of hydrogen-bond acceptors (Lipinski definition) is 4. The Hall–Kier alpha value is -2.64. The monoisotopic (exact) mass is 609 g/mol. The van der Waals surface area contributed by atoms with E-state index in [1.807, 2.05) is 48.3 Å². The van der Waals surface area contributed by atoms with Crippen LogP contribution in [0.15, 0.2) is 66.7 Å². The number of hydrogen-bond donors (Lipinski definition) is 1. The Kier molecular flexibility index (Phi) is 8.52. The van der Waals surface area contributed by atoms with Gasteiger partial charge in [-0.3, -0.25) is 4.79 Å². The largest absolute Gasteiger partial charge is 0.357 e. The van der Waals surface area contributed by atoms with Gasteiger partial charge in [-0.25, -0.2) is 4.39 Å². The lowest BCUT2D eigenvalue weighted by Gasteiger charge is -2.48. The number of nitrogens with zero attached hydrogens (tertiary/aromatic N) is 2. The van der Waals surface area contributed by atoms with Gasteiger partial charge in [0.1, 0.15) is 17.1 Å². The van der Waals surface area contributed by atoms with Crippen molar-refractivity contribution in [3.8, 4) is 0 Å². The Bertz CT molecular complexity index is 1420. The van der Waals surface area contributed by atoms with Gasteiger partial charge < -0.3 is 19.9 Å². The maximum atomic E-state index is 14.3. The molecule has 42 heavy (non-hydrogen) atoms. The molecular formula is C34H38Cl2FN3O2. The van der Waals surface area contributed by atoms with Gasteiger partial charge in [0.2, 0.25) is 5.91 Å². The molecule has 2 spiro atoms. The third-order valence-electron chi connectivity index (χ3n) is 9.16. The fourth-order valence-electron chi connectivity index (χ4n) is 6.55. The Morgan fingerprint density at radius 1 is 1.02 bits per heavy atom. The number of piperidine rings is 1. The smallest absolute Gasteiger partial charge is 0.229 e. The number of likely N-dealkylation sites (N-methyl/N-ethyl adjacent to an activating group) is 1. The number of benzene rings is 3. The third kappa shape index (κ3) is 6.33. The van der Waals surface area contributed by atoms with E-state index in [-0.39, 0.29) is 23.4 Å². The molecule has 1 atom stereocenters. The first-order valence-corrected chi connectivity index (χ1v) is 15.8. The number of likely N-dealkylation sites (tertiary alicyclic amines) is 1. The highest BCUT2D eigenvalue weighted by Crippen LogP contribution is 2.54. The van der Waals surface area contributed by atoms with E-state index < -0.39 is 5.60 Å². The first-order valence-electron chi connectivity index (χ1n) is 15.0.